The SMILES string of the molecule is CN(C(=O)[C@@H](N)C1CCC(CS(=O)(=O)c2ccc(CC(=O)O)cc2)CC1)C1CCC1. The topological polar surface area (TPSA) is 118 Å². The quantitative estimate of drug-likeness (QED) is 0.645. The Hall–Kier alpha value is -1.93. The van der Waals surface area contributed by atoms with Crippen molar-refractivity contribution in [2.75, 3.05) is 12.8 Å². The fourth-order valence-electron chi connectivity index (χ4n) is 4.50. The van der Waals surface area contributed by atoms with E-state index in [9.17, 15) is 18.0 Å². The summed E-state index contributed by atoms with van der Waals surface area (Å²) >= 11 is 0. The van der Waals surface area contributed by atoms with Crippen LogP contribution in [0, 0.1) is 11.8 Å². The van der Waals surface area contributed by atoms with Crippen molar-refractivity contribution in [2.45, 2.75) is 68.3 Å². The summed E-state index contributed by atoms with van der Waals surface area (Å²) < 4.78 is 25.5. The van der Waals surface area contributed by atoms with E-state index in [2.05, 4.69) is 0 Å². The number of carboxylic acids is 1. The van der Waals surface area contributed by atoms with Gasteiger partial charge in [-0.15, -0.1) is 0 Å². The molecule has 1 atom stereocenters. The van der Waals surface area contributed by atoms with Crippen LogP contribution in [0.3, 0.4) is 0 Å². The first-order valence-corrected chi connectivity index (χ1v) is 12.4. The molecular weight excluding hydrogens is 404 g/mol. The van der Waals surface area contributed by atoms with E-state index in [0.717, 1.165) is 38.5 Å². The second kappa shape index (κ2) is 9.47. The predicted octanol–water partition coefficient (Wildman–Crippen LogP) is 2.23. The molecule has 1 aromatic carbocycles. The molecule has 1 amide bonds. The molecule has 30 heavy (non-hydrogen) atoms. The normalized spacial score (nSPS) is 23.4. The molecule has 0 unspecified atom stereocenters. The summed E-state index contributed by atoms with van der Waals surface area (Å²) in [7, 11) is -1.59. The van der Waals surface area contributed by atoms with Gasteiger partial charge in [-0.3, -0.25) is 9.59 Å². The predicted molar refractivity (Wildman–Crippen MR) is 114 cm³/mol. The Labute approximate surface area is 178 Å². The molecule has 2 saturated carbocycles. The summed E-state index contributed by atoms with van der Waals surface area (Å²) in [4.78, 5) is 25.4. The van der Waals surface area contributed by atoms with Crippen molar-refractivity contribution in [3.05, 3.63) is 29.8 Å². The van der Waals surface area contributed by atoms with Gasteiger partial charge in [-0.1, -0.05) is 12.1 Å². The van der Waals surface area contributed by atoms with Crippen LogP contribution in [0.2, 0.25) is 0 Å². The van der Waals surface area contributed by atoms with E-state index in [-0.39, 0.29) is 34.8 Å². The van der Waals surface area contributed by atoms with Gasteiger partial charge in [0.2, 0.25) is 5.91 Å². The number of benzene rings is 1. The number of nitrogens with zero attached hydrogens (tertiary/aromatic N) is 1. The number of amides is 1. The summed E-state index contributed by atoms with van der Waals surface area (Å²) in [5.41, 5.74) is 6.85. The van der Waals surface area contributed by atoms with Crippen LogP contribution in [0.25, 0.3) is 0 Å². The summed E-state index contributed by atoms with van der Waals surface area (Å²) in [5.74, 6) is -0.704. The second-order valence-corrected chi connectivity index (χ2v) is 10.9. The number of carbonyl (C=O) groups excluding carboxylic acids is 1. The van der Waals surface area contributed by atoms with Crippen molar-refractivity contribution in [1.82, 2.24) is 4.90 Å². The maximum Gasteiger partial charge on any atom is 0.307 e. The van der Waals surface area contributed by atoms with Crippen molar-refractivity contribution in [3.8, 4) is 0 Å². The molecule has 0 bridgehead atoms. The zero-order valence-corrected chi connectivity index (χ0v) is 18.3. The third-order valence-electron chi connectivity index (χ3n) is 6.75. The molecule has 0 aliphatic heterocycles. The lowest BCUT2D eigenvalue weighted by molar-refractivity contribution is -0.137. The summed E-state index contributed by atoms with van der Waals surface area (Å²) in [5, 5.41) is 8.83. The molecular formula is C22H32N2O5S. The fourth-order valence-corrected chi connectivity index (χ4v) is 6.20. The molecule has 2 aliphatic rings. The maximum atomic E-state index is 12.8. The maximum absolute atomic E-state index is 12.8. The molecule has 0 heterocycles. The second-order valence-electron chi connectivity index (χ2n) is 8.84. The Morgan fingerprint density at radius 1 is 1.10 bits per heavy atom. The first kappa shape index (κ1) is 22.7. The highest BCUT2D eigenvalue weighted by Gasteiger charge is 2.35. The fraction of sp³-hybridized carbons (Fsp3) is 0.636. The van der Waals surface area contributed by atoms with Gasteiger partial charge in [0.25, 0.3) is 0 Å². The molecule has 0 saturated heterocycles. The van der Waals surface area contributed by atoms with Gasteiger partial charge in [0, 0.05) is 13.1 Å². The van der Waals surface area contributed by atoms with Crippen LogP contribution < -0.4 is 5.73 Å². The number of hydrogen-bond acceptors (Lipinski definition) is 5. The van der Waals surface area contributed by atoms with Gasteiger partial charge in [0.05, 0.1) is 23.1 Å². The average molecular weight is 437 g/mol. The lowest BCUT2D eigenvalue weighted by atomic mass is 9.78. The van der Waals surface area contributed by atoms with Gasteiger partial charge in [0.15, 0.2) is 9.84 Å². The minimum absolute atomic E-state index is 0.0113. The summed E-state index contributed by atoms with van der Waals surface area (Å²) in [6, 6.07) is 5.91. The first-order valence-electron chi connectivity index (χ1n) is 10.7. The Bertz CT molecular complexity index is 856. The van der Waals surface area contributed by atoms with Gasteiger partial charge >= 0.3 is 5.97 Å². The zero-order chi connectivity index (χ0) is 21.9. The van der Waals surface area contributed by atoms with Crippen LogP contribution in [0.1, 0.15) is 50.5 Å². The number of sulfone groups is 1. The minimum Gasteiger partial charge on any atom is -0.481 e. The van der Waals surface area contributed by atoms with E-state index in [4.69, 9.17) is 10.8 Å². The van der Waals surface area contributed by atoms with E-state index >= 15 is 0 Å². The van der Waals surface area contributed by atoms with Crippen LogP contribution >= 0.6 is 0 Å². The summed E-state index contributed by atoms with van der Waals surface area (Å²) in [6.07, 6.45) is 6.17. The number of rotatable bonds is 8. The molecule has 2 fully saturated rings. The Balaban J connectivity index is 1.52. The molecule has 0 radical (unpaired) electrons. The van der Waals surface area contributed by atoms with Crippen LogP contribution in [0.5, 0.6) is 0 Å². The molecule has 3 rings (SSSR count). The molecule has 8 heteroatoms. The van der Waals surface area contributed by atoms with Crippen LogP contribution in [-0.4, -0.2) is 55.2 Å². The van der Waals surface area contributed by atoms with Gasteiger partial charge in [0.1, 0.15) is 0 Å². The molecule has 1 aromatic rings. The highest BCUT2D eigenvalue weighted by molar-refractivity contribution is 7.91. The Morgan fingerprint density at radius 2 is 1.70 bits per heavy atom. The molecule has 7 nitrogen and oxygen atoms in total. The van der Waals surface area contributed by atoms with E-state index in [0.29, 0.717) is 11.6 Å². The van der Waals surface area contributed by atoms with Gasteiger partial charge < -0.3 is 15.7 Å². The van der Waals surface area contributed by atoms with Crippen molar-refractivity contribution >= 4 is 21.7 Å². The van der Waals surface area contributed by atoms with Crippen molar-refractivity contribution < 1.29 is 23.1 Å². The van der Waals surface area contributed by atoms with Gasteiger partial charge in [-0.05, 0) is 74.5 Å². The average Bonchev–Trinajstić information content (AvgIpc) is 2.65. The number of carbonyl (C=O) groups is 2. The standard InChI is InChI=1S/C22H32N2O5S/c1-24(18-3-2-4-18)22(27)21(23)17-9-5-16(6-10-17)14-30(28,29)19-11-7-15(8-12-19)13-20(25)26/h7-8,11-12,16-18,21H,2-6,9-10,13-14,23H2,1H3,(H,25,26)/t16?,17?,21-/m0/s1. The van der Waals surface area contributed by atoms with Crippen LogP contribution in [-0.2, 0) is 25.8 Å². The number of aliphatic carboxylic acids is 1. The number of hydrogen-bond donors (Lipinski definition) is 2. The minimum atomic E-state index is -3.43. The number of carboxylic acid groups (broad SMARTS) is 1. The van der Waals surface area contributed by atoms with E-state index < -0.39 is 21.8 Å². The van der Waals surface area contributed by atoms with Crippen LogP contribution in [0.4, 0.5) is 0 Å². The van der Waals surface area contributed by atoms with Crippen molar-refractivity contribution in [1.29, 1.82) is 0 Å². The zero-order valence-electron chi connectivity index (χ0n) is 17.5. The van der Waals surface area contributed by atoms with Crippen molar-refractivity contribution in [2.24, 2.45) is 17.6 Å². The lowest BCUT2D eigenvalue weighted by Crippen LogP contribution is -2.52. The molecule has 2 aliphatic carbocycles. The largest absolute Gasteiger partial charge is 0.481 e. The highest BCUT2D eigenvalue weighted by Crippen LogP contribution is 2.33. The van der Waals surface area contributed by atoms with Crippen LogP contribution in [0.15, 0.2) is 29.2 Å². The number of likely N-dealkylation sites (N-methyl/N-ethyl adjacent to an activating group) is 1. The monoisotopic (exact) mass is 436 g/mol. The molecule has 0 aromatic heterocycles. The molecule has 3 N–H and O–H groups in total. The van der Waals surface area contributed by atoms with E-state index in [1.54, 1.807) is 17.0 Å². The lowest BCUT2D eigenvalue weighted by Gasteiger charge is -2.38. The van der Waals surface area contributed by atoms with E-state index in [1.165, 1.54) is 18.6 Å². The third kappa shape index (κ3) is 5.40. The Kier molecular flexibility index (Phi) is 7.18. The van der Waals surface area contributed by atoms with Gasteiger partial charge in [-0.2, -0.15) is 0 Å². The van der Waals surface area contributed by atoms with E-state index in [1.807, 2.05) is 7.05 Å². The van der Waals surface area contributed by atoms with Crippen molar-refractivity contribution in [3.63, 3.8) is 0 Å². The smallest absolute Gasteiger partial charge is 0.307 e. The Morgan fingerprint density at radius 3 is 2.20 bits per heavy atom. The van der Waals surface area contributed by atoms with Gasteiger partial charge in [-0.25, -0.2) is 8.42 Å². The molecule has 166 valence electrons. The first-order chi connectivity index (χ1) is 14.2. The third-order valence-corrected chi connectivity index (χ3v) is 8.65. The number of nitrogens with two attached hydrogens (primary N) is 1. The highest BCUT2D eigenvalue weighted by atomic mass is 32.2. The molecule has 0 spiro atoms. The summed E-state index contributed by atoms with van der Waals surface area (Å²) in [6.45, 7) is 0.